The maximum absolute atomic E-state index is 11.5. The normalized spacial score (nSPS) is 11.8. The molecule has 0 unspecified atom stereocenters. The van der Waals surface area contributed by atoms with Gasteiger partial charge in [0.1, 0.15) is 6.61 Å². The molecule has 0 aliphatic heterocycles. The summed E-state index contributed by atoms with van der Waals surface area (Å²) < 4.78 is 16.2. The SMILES string of the molecule is C=C(C)C(=O)OCCNC(=O)OCCCCC[Si](C)(C)O[Si](C)(C)C. The van der Waals surface area contributed by atoms with Gasteiger partial charge in [0.05, 0.1) is 13.2 Å². The monoisotopic (exact) mass is 389 g/mol. The fraction of sp³-hybridized carbons (Fsp3) is 0.765. The Morgan fingerprint density at radius 1 is 0.960 bits per heavy atom. The lowest BCUT2D eigenvalue weighted by Gasteiger charge is -2.31. The van der Waals surface area contributed by atoms with E-state index in [4.69, 9.17) is 13.6 Å². The van der Waals surface area contributed by atoms with Gasteiger partial charge in [0.25, 0.3) is 0 Å². The number of rotatable bonds is 12. The van der Waals surface area contributed by atoms with Gasteiger partial charge in [-0.1, -0.05) is 19.4 Å². The number of ether oxygens (including phenoxy) is 2. The first kappa shape index (κ1) is 23.9. The molecular weight excluding hydrogens is 354 g/mol. The lowest BCUT2D eigenvalue weighted by molar-refractivity contribution is -0.138. The molecule has 25 heavy (non-hydrogen) atoms. The van der Waals surface area contributed by atoms with Crippen LogP contribution in [0.25, 0.3) is 0 Å². The smallest absolute Gasteiger partial charge is 0.407 e. The second kappa shape index (κ2) is 11.5. The van der Waals surface area contributed by atoms with Crippen LogP contribution < -0.4 is 5.32 Å². The molecule has 1 amide bonds. The standard InChI is InChI=1S/C17H35NO5Si2/c1-15(2)16(19)21-13-11-18-17(20)22-12-9-8-10-14-25(6,7)23-24(3,4)5/h1,8-14H2,2-7H3,(H,18,20). The van der Waals surface area contributed by atoms with Crippen LogP contribution >= 0.6 is 0 Å². The van der Waals surface area contributed by atoms with Gasteiger partial charge in [0.2, 0.25) is 0 Å². The fourth-order valence-corrected chi connectivity index (χ4v) is 10.5. The molecule has 0 spiro atoms. The van der Waals surface area contributed by atoms with E-state index < -0.39 is 28.7 Å². The summed E-state index contributed by atoms with van der Waals surface area (Å²) in [7, 11) is -3.03. The minimum atomic E-state index is -1.57. The van der Waals surface area contributed by atoms with Crippen molar-refractivity contribution in [2.45, 2.75) is 65.0 Å². The molecule has 146 valence electrons. The topological polar surface area (TPSA) is 73.9 Å². The molecule has 1 N–H and O–H groups in total. The molecule has 0 aliphatic carbocycles. The average molecular weight is 390 g/mol. The number of hydrogen-bond acceptors (Lipinski definition) is 5. The van der Waals surface area contributed by atoms with Gasteiger partial charge in [-0.05, 0) is 52.1 Å². The minimum absolute atomic E-state index is 0.109. The van der Waals surface area contributed by atoms with Crippen molar-refractivity contribution in [1.82, 2.24) is 5.32 Å². The molecule has 0 heterocycles. The van der Waals surface area contributed by atoms with Crippen LogP contribution in [0.5, 0.6) is 0 Å². The molecule has 0 aliphatic rings. The van der Waals surface area contributed by atoms with Crippen molar-refractivity contribution in [3.63, 3.8) is 0 Å². The third-order valence-electron chi connectivity index (χ3n) is 3.19. The van der Waals surface area contributed by atoms with Crippen LogP contribution in [0.2, 0.25) is 38.8 Å². The van der Waals surface area contributed by atoms with Crippen LogP contribution in [0.1, 0.15) is 26.2 Å². The largest absolute Gasteiger partial charge is 0.460 e. The molecule has 0 rings (SSSR count). The highest BCUT2D eigenvalue weighted by molar-refractivity contribution is 6.84. The van der Waals surface area contributed by atoms with Crippen molar-refractivity contribution in [3.05, 3.63) is 12.2 Å². The van der Waals surface area contributed by atoms with Crippen LogP contribution in [-0.2, 0) is 18.4 Å². The number of carbonyl (C=O) groups excluding carboxylic acids is 2. The van der Waals surface area contributed by atoms with E-state index in [-0.39, 0.29) is 13.2 Å². The lowest BCUT2D eigenvalue weighted by Crippen LogP contribution is -2.42. The number of esters is 1. The molecule has 0 fully saturated rings. The molecule has 0 atom stereocenters. The maximum Gasteiger partial charge on any atom is 0.407 e. The Morgan fingerprint density at radius 2 is 1.60 bits per heavy atom. The van der Waals surface area contributed by atoms with E-state index in [1.54, 1.807) is 6.92 Å². The number of unbranched alkanes of at least 4 members (excludes halogenated alkanes) is 2. The zero-order valence-electron chi connectivity index (χ0n) is 16.7. The van der Waals surface area contributed by atoms with Crippen molar-refractivity contribution in [2.75, 3.05) is 19.8 Å². The molecule has 0 radical (unpaired) electrons. The van der Waals surface area contributed by atoms with E-state index in [0.29, 0.717) is 12.2 Å². The number of nitrogens with one attached hydrogen (secondary N) is 1. The van der Waals surface area contributed by atoms with Crippen molar-refractivity contribution in [3.8, 4) is 0 Å². The first-order chi connectivity index (χ1) is 11.4. The molecule has 0 aromatic heterocycles. The fourth-order valence-electron chi connectivity index (χ4n) is 2.35. The third-order valence-corrected chi connectivity index (χ3v) is 9.41. The van der Waals surface area contributed by atoms with Crippen LogP contribution in [0, 0.1) is 0 Å². The van der Waals surface area contributed by atoms with Crippen LogP contribution in [0.3, 0.4) is 0 Å². The highest BCUT2D eigenvalue weighted by atomic mass is 28.4. The Hall–Kier alpha value is -1.13. The molecule has 0 bridgehead atoms. The predicted octanol–water partition coefficient (Wildman–Crippen LogP) is 4.06. The number of alkyl carbamates (subject to hydrolysis) is 1. The van der Waals surface area contributed by atoms with Gasteiger partial charge in [0, 0.05) is 5.57 Å². The van der Waals surface area contributed by atoms with Gasteiger partial charge >= 0.3 is 12.1 Å². The lowest BCUT2D eigenvalue weighted by atomic mass is 10.3. The summed E-state index contributed by atoms with van der Waals surface area (Å²) in [5.74, 6) is -0.459. The first-order valence-electron chi connectivity index (χ1n) is 8.86. The van der Waals surface area contributed by atoms with Crippen LogP contribution in [0.4, 0.5) is 4.79 Å². The van der Waals surface area contributed by atoms with Gasteiger partial charge in [0.15, 0.2) is 16.6 Å². The van der Waals surface area contributed by atoms with Gasteiger partial charge in [-0.25, -0.2) is 9.59 Å². The molecule has 0 saturated carbocycles. The Bertz CT molecular complexity index is 447. The highest BCUT2D eigenvalue weighted by Crippen LogP contribution is 2.21. The summed E-state index contributed by atoms with van der Waals surface area (Å²) in [4.78, 5) is 22.6. The minimum Gasteiger partial charge on any atom is -0.460 e. The van der Waals surface area contributed by atoms with Crippen molar-refractivity contribution in [1.29, 1.82) is 0 Å². The molecule has 8 heteroatoms. The molecule has 6 nitrogen and oxygen atoms in total. The Morgan fingerprint density at radius 3 is 2.16 bits per heavy atom. The van der Waals surface area contributed by atoms with E-state index in [9.17, 15) is 9.59 Å². The molecule has 0 aromatic rings. The summed E-state index contributed by atoms with van der Waals surface area (Å²) in [6.45, 7) is 17.0. The number of carbonyl (C=O) groups is 2. The summed E-state index contributed by atoms with van der Waals surface area (Å²) in [6.07, 6.45) is 2.49. The van der Waals surface area contributed by atoms with E-state index in [2.05, 4.69) is 44.6 Å². The summed E-state index contributed by atoms with van der Waals surface area (Å²) in [5.41, 5.74) is 0.337. The van der Waals surface area contributed by atoms with Gasteiger partial charge < -0.3 is 18.9 Å². The zero-order chi connectivity index (χ0) is 19.5. The maximum atomic E-state index is 11.5. The second-order valence-electron chi connectivity index (χ2n) is 7.76. The van der Waals surface area contributed by atoms with E-state index >= 15 is 0 Å². The number of hydrogen-bond donors (Lipinski definition) is 1. The van der Waals surface area contributed by atoms with Crippen LogP contribution in [0.15, 0.2) is 12.2 Å². The Kier molecular flexibility index (Phi) is 11.0. The van der Waals surface area contributed by atoms with Crippen molar-refractivity contribution >= 4 is 28.7 Å². The summed E-state index contributed by atoms with van der Waals surface area (Å²) >= 11 is 0. The highest BCUT2D eigenvalue weighted by Gasteiger charge is 2.28. The quantitative estimate of drug-likeness (QED) is 0.236. The first-order valence-corrected chi connectivity index (χ1v) is 15.4. The van der Waals surface area contributed by atoms with Crippen LogP contribution in [-0.4, -0.2) is 48.5 Å². The molecular formula is C17H35NO5Si2. The molecule has 0 saturated heterocycles. The van der Waals surface area contributed by atoms with Gasteiger partial charge in [-0.3, -0.25) is 0 Å². The third kappa shape index (κ3) is 14.9. The zero-order valence-corrected chi connectivity index (χ0v) is 18.7. The van der Waals surface area contributed by atoms with E-state index in [1.807, 2.05) is 0 Å². The number of amides is 1. The van der Waals surface area contributed by atoms with Gasteiger partial charge in [-0.2, -0.15) is 0 Å². The summed E-state index contributed by atoms with van der Waals surface area (Å²) in [6, 6.07) is 1.14. The van der Waals surface area contributed by atoms with Gasteiger partial charge in [-0.15, -0.1) is 0 Å². The van der Waals surface area contributed by atoms with Crippen molar-refractivity contribution < 1.29 is 23.2 Å². The predicted molar refractivity (Wildman–Crippen MR) is 106 cm³/mol. The molecule has 0 aromatic carbocycles. The van der Waals surface area contributed by atoms with E-state index in [0.717, 1.165) is 25.3 Å². The van der Waals surface area contributed by atoms with E-state index in [1.165, 1.54) is 0 Å². The Balaban J connectivity index is 3.63. The summed E-state index contributed by atoms with van der Waals surface area (Å²) in [5, 5.41) is 2.54. The second-order valence-corrected chi connectivity index (χ2v) is 16.8. The Labute approximate surface area is 154 Å². The van der Waals surface area contributed by atoms with Crippen molar-refractivity contribution in [2.24, 2.45) is 0 Å². The average Bonchev–Trinajstić information content (AvgIpc) is 2.44.